The highest BCUT2D eigenvalue weighted by Crippen LogP contribution is 2.19. The average Bonchev–Trinajstić information content (AvgIpc) is 2.97. The Morgan fingerprint density at radius 3 is 1.42 bits per heavy atom. The number of piperazine rings is 2. The molecule has 2 aromatic heterocycles. The number of ether oxygens (including phenoxy) is 2. The van der Waals surface area contributed by atoms with E-state index in [2.05, 4.69) is 19.8 Å². The highest BCUT2D eigenvalue weighted by molar-refractivity contribution is 5.69. The van der Waals surface area contributed by atoms with Crippen molar-refractivity contribution in [1.82, 2.24) is 19.8 Å². The maximum absolute atomic E-state index is 12.0. The van der Waals surface area contributed by atoms with Gasteiger partial charge >= 0.3 is 12.2 Å². The smallest absolute Gasteiger partial charge is 0.410 e. The molecule has 2 fully saturated rings. The SMILES string of the molecule is C.CC(C)(C)OC(=O)N1CCN(c2ccc(N)nc2)CC1.CC(C)(C)OC(=O)N1CCN(c2ccc([NH+]([O-])O)nc2)CC1.CO. The second-order valence-electron chi connectivity index (χ2n) is 12.1. The van der Waals surface area contributed by atoms with Crippen molar-refractivity contribution >= 4 is 35.2 Å². The lowest BCUT2D eigenvalue weighted by molar-refractivity contribution is -0.993. The zero-order chi connectivity index (χ0) is 33.1. The number of nitrogens with one attached hydrogen (secondary N) is 1. The molecule has 15 nitrogen and oxygen atoms in total. The largest absolute Gasteiger partial charge is 0.594 e. The first-order valence-corrected chi connectivity index (χ1v) is 14.4. The Bertz CT molecular complexity index is 1150. The van der Waals surface area contributed by atoms with Crippen molar-refractivity contribution in [3.05, 3.63) is 41.9 Å². The Balaban J connectivity index is 0.000000419. The van der Waals surface area contributed by atoms with Crippen molar-refractivity contribution in [1.29, 1.82) is 0 Å². The van der Waals surface area contributed by atoms with Crippen LogP contribution in [0.25, 0.3) is 0 Å². The van der Waals surface area contributed by atoms with Gasteiger partial charge in [-0.15, -0.1) is 0 Å². The van der Waals surface area contributed by atoms with Crippen LogP contribution < -0.4 is 20.8 Å². The first kappa shape index (κ1) is 39.1. The second kappa shape index (κ2) is 17.5. The van der Waals surface area contributed by atoms with Gasteiger partial charge in [0.25, 0.3) is 5.82 Å². The van der Waals surface area contributed by atoms with E-state index in [1.165, 1.54) is 6.07 Å². The van der Waals surface area contributed by atoms with Gasteiger partial charge in [0.05, 0.1) is 23.8 Å². The number of pyridine rings is 2. The number of hydrogen-bond acceptors (Lipinski definition) is 12. The van der Waals surface area contributed by atoms with Gasteiger partial charge in [-0.1, -0.05) is 7.43 Å². The maximum atomic E-state index is 12.0. The maximum Gasteiger partial charge on any atom is 0.410 e. The molecule has 2 aliphatic rings. The lowest BCUT2D eigenvalue weighted by Gasteiger charge is -2.36. The van der Waals surface area contributed by atoms with Crippen LogP contribution in [-0.4, -0.2) is 113 Å². The number of hydrogen-bond donors (Lipinski definition) is 4. The minimum Gasteiger partial charge on any atom is -0.594 e. The summed E-state index contributed by atoms with van der Waals surface area (Å²) in [7, 11) is 1.00. The van der Waals surface area contributed by atoms with E-state index >= 15 is 0 Å². The molecule has 2 saturated heterocycles. The van der Waals surface area contributed by atoms with Gasteiger partial charge in [0.2, 0.25) is 0 Å². The Morgan fingerprint density at radius 1 is 0.756 bits per heavy atom. The van der Waals surface area contributed by atoms with E-state index in [-0.39, 0.29) is 25.4 Å². The lowest BCUT2D eigenvalue weighted by atomic mass is 10.2. The number of aromatic nitrogens is 2. The molecule has 4 heterocycles. The summed E-state index contributed by atoms with van der Waals surface area (Å²) >= 11 is 0. The second-order valence-corrected chi connectivity index (χ2v) is 12.1. The summed E-state index contributed by atoms with van der Waals surface area (Å²) in [5.74, 6) is 0.539. The molecule has 2 aromatic rings. The van der Waals surface area contributed by atoms with Crippen molar-refractivity contribution in [3.63, 3.8) is 0 Å². The van der Waals surface area contributed by atoms with E-state index in [4.69, 9.17) is 25.5 Å². The Labute approximate surface area is 266 Å². The molecule has 0 aliphatic carbocycles. The number of nitrogens with zero attached hydrogens (tertiary/aromatic N) is 6. The van der Waals surface area contributed by atoms with E-state index in [0.29, 0.717) is 45.1 Å². The number of aliphatic hydroxyl groups excluding tert-OH is 1. The zero-order valence-electron chi connectivity index (χ0n) is 26.8. The molecule has 0 saturated carbocycles. The molecule has 1 unspecified atom stereocenters. The number of quaternary nitrogens is 1. The molecule has 5 N–H and O–H groups in total. The normalized spacial score (nSPS) is 15.8. The molecule has 0 radical (unpaired) electrons. The Kier molecular flexibility index (Phi) is 15.2. The van der Waals surface area contributed by atoms with Crippen LogP contribution in [0.4, 0.5) is 32.6 Å². The lowest BCUT2D eigenvalue weighted by Crippen LogP contribution is -2.99. The monoisotopic (exact) mass is 636 g/mol. The van der Waals surface area contributed by atoms with Gasteiger partial charge in [0, 0.05) is 65.5 Å². The van der Waals surface area contributed by atoms with Gasteiger partial charge in [-0.2, -0.15) is 10.2 Å². The summed E-state index contributed by atoms with van der Waals surface area (Å²) in [4.78, 5) is 39.6. The molecular formula is C30H52N8O7. The van der Waals surface area contributed by atoms with Crippen LogP contribution >= 0.6 is 0 Å². The van der Waals surface area contributed by atoms with E-state index < -0.39 is 16.4 Å². The average molecular weight is 637 g/mol. The molecule has 1 atom stereocenters. The number of nitrogens with two attached hydrogens (primary N) is 1. The summed E-state index contributed by atoms with van der Waals surface area (Å²) < 4.78 is 10.7. The molecular weight excluding hydrogens is 584 g/mol. The minimum atomic E-state index is -1.04. The summed E-state index contributed by atoms with van der Waals surface area (Å²) in [6.07, 6.45) is 2.77. The molecule has 0 spiro atoms. The quantitative estimate of drug-likeness (QED) is 0.362. The van der Waals surface area contributed by atoms with Crippen LogP contribution in [0.5, 0.6) is 0 Å². The third kappa shape index (κ3) is 13.3. The molecule has 0 bridgehead atoms. The number of nitrogen functional groups attached to an aromatic ring is 1. The summed E-state index contributed by atoms with van der Waals surface area (Å²) in [5.41, 5.74) is 6.52. The number of rotatable bonds is 3. The number of carbonyl (C=O) groups is 2. The topological polar surface area (TPSA) is 185 Å². The van der Waals surface area contributed by atoms with E-state index in [1.807, 2.05) is 47.6 Å². The van der Waals surface area contributed by atoms with Gasteiger partial charge in [0.1, 0.15) is 17.0 Å². The first-order valence-electron chi connectivity index (χ1n) is 14.4. The van der Waals surface area contributed by atoms with Gasteiger partial charge in [-0.05, 0) is 59.7 Å². The highest BCUT2D eigenvalue weighted by atomic mass is 16.8. The van der Waals surface area contributed by atoms with Crippen LogP contribution in [0.2, 0.25) is 0 Å². The molecule has 254 valence electrons. The predicted octanol–water partition coefficient (Wildman–Crippen LogP) is 2.51. The molecule has 45 heavy (non-hydrogen) atoms. The number of anilines is 3. The van der Waals surface area contributed by atoms with E-state index in [0.717, 1.165) is 31.6 Å². The van der Waals surface area contributed by atoms with Crippen molar-refractivity contribution < 1.29 is 34.6 Å². The number of amides is 2. The fraction of sp³-hybridized carbons (Fsp3) is 0.600. The van der Waals surface area contributed by atoms with Gasteiger partial charge in [-0.3, -0.25) is 0 Å². The molecule has 15 heteroatoms. The van der Waals surface area contributed by atoms with Crippen molar-refractivity contribution in [2.24, 2.45) is 0 Å². The minimum absolute atomic E-state index is 0. The van der Waals surface area contributed by atoms with Crippen LogP contribution in [0.1, 0.15) is 49.0 Å². The number of carbonyl (C=O) groups excluding carboxylic acids is 2. The Hall–Kier alpha value is -3.92. The van der Waals surface area contributed by atoms with E-state index in [9.17, 15) is 14.8 Å². The molecule has 2 aliphatic heterocycles. The molecule has 0 aromatic carbocycles. The Morgan fingerprint density at radius 2 is 1.13 bits per heavy atom. The van der Waals surface area contributed by atoms with Gasteiger partial charge in [-0.25, -0.2) is 19.8 Å². The number of aliphatic hydroxyl groups is 1. The first-order chi connectivity index (χ1) is 20.6. The summed E-state index contributed by atoms with van der Waals surface area (Å²) in [6.45, 7) is 16.5. The third-order valence-corrected chi connectivity index (χ3v) is 6.33. The van der Waals surface area contributed by atoms with Gasteiger partial charge in [0.15, 0.2) is 0 Å². The van der Waals surface area contributed by atoms with Crippen molar-refractivity contribution in [2.45, 2.75) is 60.2 Å². The summed E-state index contributed by atoms with van der Waals surface area (Å²) in [5, 5.41) is 25.6. The fourth-order valence-electron chi connectivity index (χ4n) is 4.23. The fourth-order valence-corrected chi connectivity index (χ4v) is 4.23. The molecule has 4 rings (SSSR count). The van der Waals surface area contributed by atoms with Crippen LogP contribution in [-0.2, 0) is 9.47 Å². The molecule has 2 amide bonds. The van der Waals surface area contributed by atoms with Crippen LogP contribution in [0, 0.1) is 5.21 Å². The summed E-state index contributed by atoms with van der Waals surface area (Å²) in [6, 6.07) is 6.96. The van der Waals surface area contributed by atoms with Crippen LogP contribution in [0.15, 0.2) is 36.7 Å². The third-order valence-electron chi connectivity index (χ3n) is 6.33. The standard InChI is InChI=1S/C14H22N4O4.C14H22N4O2.CH4O.CH4/c1-14(2,3)22-13(19)17-8-6-16(7-9-17)11-4-5-12(15-10-11)18(20)21;1-14(2,3)20-13(19)18-8-6-17(7-9-18)11-4-5-12(15)16-10-11;1-2;/h4-5,10,18,20H,6-9H2,1-3H3;4-5,10H,6-9H2,1-3H3,(H2,15,16);2H,1H3;1H4. The van der Waals surface area contributed by atoms with Crippen molar-refractivity contribution in [3.8, 4) is 0 Å². The highest BCUT2D eigenvalue weighted by Gasteiger charge is 2.27. The van der Waals surface area contributed by atoms with Crippen LogP contribution in [0.3, 0.4) is 0 Å². The predicted molar refractivity (Wildman–Crippen MR) is 174 cm³/mol. The van der Waals surface area contributed by atoms with Gasteiger partial charge < -0.3 is 45.1 Å². The van der Waals surface area contributed by atoms with E-state index in [1.54, 1.807) is 34.3 Å². The van der Waals surface area contributed by atoms with Crippen molar-refractivity contribution in [2.75, 3.05) is 75.0 Å². The zero-order valence-corrected chi connectivity index (χ0v) is 26.8.